The largest absolute Gasteiger partial charge is 0.417 e. The first kappa shape index (κ1) is 11.2. The Labute approximate surface area is 95.5 Å². The van der Waals surface area contributed by atoms with Crippen molar-refractivity contribution in [3.63, 3.8) is 0 Å². The molecule has 0 saturated carbocycles. The van der Waals surface area contributed by atoms with Crippen LogP contribution < -0.4 is 5.76 Å². The average molecular weight is 262 g/mol. The van der Waals surface area contributed by atoms with Gasteiger partial charge in [-0.1, -0.05) is 6.07 Å². The van der Waals surface area contributed by atoms with Gasteiger partial charge in [0.15, 0.2) is 5.58 Å². The Kier molecular flexibility index (Phi) is 2.55. The lowest BCUT2D eigenvalue weighted by atomic mass is 10.1. The Bertz CT molecular complexity index is 685. The van der Waals surface area contributed by atoms with Crippen molar-refractivity contribution in [1.29, 1.82) is 0 Å². The lowest BCUT2D eigenvalue weighted by Crippen LogP contribution is -2.02. The normalized spacial score (nSPS) is 14.1. The third-order valence-electron chi connectivity index (χ3n) is 2.33. The molecule has 0 spiro atoms. The summed E-state index contributed by atoms with van der Waals surface area (Å²) in [5.74, 6) is -0.575. The molecule has 0 bridgehead atoms. The average Bonchev–Trinajstić information content (AvgIpc) is 2.54. The summed E-state index contributed by atoms with van der Waals surface area (Å²) in [5, 5.41) is -0.836. The molecule has 1 atom stereocenters. The first-order valence-corrected chi connectivity index (χ1v) is 6.81. The Balaban J connectivity index is 2.59. The van der Waals surface area contributed by atoms with Gasteiger partial charge in [0.25, 0.3) is 0 Å². The number of aromatic nitrogens is 1. The van der Waals surface area contributed by atoms with E-state index in [1.807, 2.05) is 0 Å². The minimum Gasteiger partial charge on any atom is -0.408 e. The molecule has 0 amide bonds. The van der Waals surface area contributed by atoms with Gasteiger partial charge in [0, 0.05) is 10.7 Å². The molecule has 1 aromatic carbocycles. The number of nitrogens with one attached hydrogen (secondary N) is 1. The highest BCUT2D eigenvalue weighted by molar-refractivity contribution is 8.13. The van der Waals surface area contributed by atoms with E-state index in [1.165, 1.54) is 19.1 Å². The van der Waals surface area contributed by atoms with Crippen molar-refractivity contribution in [1.82, 2.24) is 4.98 Å². The van der Waals surface area contributed by atoms with Crippen molar-refractivity contribution < 1.29 is 12.8 Å². The van der Waals surface area contributed by atoms with Crippen LogP contribution in [0.1, 0.15) is 17.7 Å². The van der Waals surface area contributed by atoms with E-state index in [9.17, 15) is 13.2 Å². The fourth-order valence-electron chi connectivity index (χ4n) is 1.39. The van der Waals surface area contributed by atoms with Gasteiger partial charge in [-0.15, -0.1) is 0 Å². The topological polar surface area (TPSA) is 80.1 Å². The van der Waals surface area contributed by atoms with Crippen molar-refractivity contribution in [2.45, 2.75) is 12.2 Å². The summed E-state index contributed by atoms with van der Waals surface area (Å²) in [6, 6.07) is 4.62. The Morgan fingerprint density at radius 1 is 1.44 bits per heavy atom. The third kappa shape index (κ3) is 1.98. The number of hydrogen-bond acceptors (Lipinski definition) is 4. The summed E-state index contributed by atoms with van der Waals surface area (Å²) in [5.41, 5.74) is 1.34. The highest BCUT2D eigenvalue weighted by Gasteiger charge is 2.20. The molecule has 86 valence electrons. The van der Waals surface area contributed by atoms with E-state index in [1.54, 1.807) is 6.07 Å². The van der Waals surface area contributed by atoms with Crippen LogP contribution in [-0.4, -0.2) is 13.4 Å². The van der Waals surface area contributed by atoms with Crippen LogP contribution >= 0.6 is 10.7 Å². The van der Waals surface area contributed by atoms with Crippen molar-refractivity contribution >= 4 is 30.8 Å². The van der Waals surface area contributed by atoms with Gasteiger partial charge in [-0.2, -0.15) is 0 Å². The molecule has 1 heterocycles. The Hall–Kier alpha value is -1.27. The Morgan fingerprint density at radius 2 is 2.12 bits per heavy atom. The van der Waals surface area contributed by atoms with Crippen molar-refractivity contribution in [2.24, 2.45) is 0 Å². The number of aromatic amines is 1. The van der Waals surface area contributed by atoms with Crippen LogP contribution in [0.3, 0.4) is 0 Å². The summed E-state index contributed by atoms with van der Waals surface area (Å²) in [4.78, 5) is 13.3. The van der Waals surface area contributed by atoms with Crippen LogP contribution in [0.2, 0.25) is 0 Å². The van der Waals surface area contributed by atoms with E-state index in [2.05, 4.69) is 4.98 Å². The van der Waals surface area contributed by atoms with Crippen LogP contribution in [0.5, 0.6) is 0 Å². The number of H-pyrrole nitrogens is 1. The van der Waals surface area contributed by atoms with Crippen molar-refractivity contribution in [3.05, 3.63) is 34.3 Å². The molecule has 0 saturated heterocycles. The third-order valence-corrected chi connectivity index (χ3v) is 4.25. The number of hydrogen-bond donors (Lipinski definition) is 1. The summed E-state index contributed by atoms with van der Waals surface area (Å²) in [6.07, 6.45) is 0. The second-order valence-electron chi connectivity index (χ2n) is 3.39. The monoisotopic (exact) mass is 261 g/mol. The number of fused-ring (bicyclic) bond motifs is 1. The lowest BCUT2D eigenvalue weighted by Gasteiger charge is -2.06. The predicted molar refractivity (Wildman–Crippen MR) is 60.0 cm³/mol. The van der Waals surface area contributed by atoms with Gasteiger partial charge in [-0.3, -0.25) is 4.98 Å². The van der Waals surface area contributed by atoms with Crippen LogP contribution in [0, 0.1) is 0 Å². The number of halogens is 1. The first-order valence-electron chi connectivity index (χ1n) is 4.44. The maximum absolute atomic E-state index is 11.1. The molecular formula is C9H8ClNO4S. The SMILES string of the molecule is CC(c1ccc2oc(=O)[nH]c2c1)S(=O)(=O)Cl. The predicted octanol–water partition coefficient (Wildman–Crippen LogP) is 1.75. The maximum Gasteiger partial charge on any atom is 0.417 e. The molecule has 16 heavy (non-hydrogen) atoms. The van der Waals surface area contributed by atoms with E-state index in [0.29, 0.717) is 16.7 Å². The number of oxazole rings is 1. The lowest BCUT2D eigenvalue weighted by molar-refractivity contribution is 0.555. The van der Waals surface area contributed by atoms with Crippen molar-refractivity contribution in [3.8, 4) is 0 Å². The zero-order valence-electron chi connectivity index (χ0n) is 8.23. The van der Waals surface area contributed by atoms with Gasteiger partial charge in [-0.05, 0) is 24.6 Å². The maximum atomic E-state index is 11.1. The minimum atomic E-state index is -3.67. The fourth-order valence-corrected chi connectivity index (χ4v) is 2.17. The molecule has 1 N–H and O–H groups in total. The molecule has 2 rings (SSSR count). The van der Waals surface area contributed by atoms with E-state index < -0.39 is 20.1 Å². The molecule has 0 aliphatic heterocycles. The van der Waals surface area contributed by atoms with Crippen molar-refractivity contribution in [2.75, 3.05) is 0 Å². The number of rotatable bonds is 2. The highest BCUT2D eigenvalue weighted by Crippen LogP contribution is 2.26. The second kappa shape index (κ2) is 3.64. The molecule has 7 heteroatoms. The zero-order valence-corrected chi connectivity index (χ0v) is 9.80. The van der Waals surface area contributed by atoms with E-state index >= 15 is 0 Å². The minimum absolute atomic E-state index is 0.382. The van der Waals surface area contributed by atoms with Crippen LogP contribution in [-0.2, 0) is 9.05 Å². The Morgan fingerprint density at radius 3 is 2.75 bits per heavy atom. The van der Waals surface area contributed by atoms with Gasteiger partial charge in [-0.25, -0.2) is 13.2 Å². The second-order valence-corrected chi connectivity index (χ2v) is 6.34. The summed E-state index contributed by atoms with van der Waals surface area (Å²) in [7, 11) is 1.58. The van der Waals surface area contributed by atoms with Gasteiger partial charge in [0.05, 0.1) is 10.8 Å². The molecule has 2 aromatic rings. The molecular weight excluding hydrogens is 254 g/mol. The van der Waals surface area contributed by atoms with Crippen LogP contribution in [0.25, 0.3) is 11.1 Å². The zero-order chi connectivity index (χ0) is 11.9. The molecule has 5 nitrogen and oxygen atoms in total. The van der Waals surface area contributed by atoms with E-state index in [0.717, 1.165) is 0 Å². The molecule has 1 unspecified atom stereocenters. The summed E-state index contributed by atoms with van der Waals surface area (Å²) >= 11 is 0. The van der Waals surface area contributed by atoms with Crippen LogP contribution in [0.15, 0.2) is 27.4 Å². The standard InChI is InChI=1S/C9H8ClNO4S/c1-5(16(10,13)14)6-2-3-8-7(4-6)11-9(12)15-8/h2-5H,1H3,(H,11,12). The molecule has 1 aromatic heterocycles. The van der Waals surface area contributed by atoms with Gasteiger partial charge in [0.1, 0.15) is 0 Å². The fraction of sp³-hybridized carbons (Fsp3) is 0.222. The van der Waals surface area contributed by atoms with E-state index in [4.69, 9.17) is 15.1 Å². The quantitative estimate of drug-likeness (QED) is 0.835. The van der Waals surface area contributed by atoms with Crippen LogP contribution in [0.4, 0.5) is 0 Å². The molecule has 0 radical (unpaired) electrons. The van der Waals surface area contributed by atoms with Gasteiger partial charge < -0.3 is 4.42 Å². The molecule has 0 aliphatic rings. The summed E-state index contributed by atoms with van der Waals surface area (Å²) in [6.45, 7) is 1.47. The molecule has 0 fully saturated rings. The highest BCUT2D eigenvalue weighted by atomic mass is 35.7. The van der Waals surface area contributed by atoms with Gasteiger partial charge in [0.2, 0.25) is 9.05 Å². The summed E-state index contributed by atoms with van der Waals surface area (Å²) < 4.78 is 27.1. The number of benzene rings is 1. The van der Waals surface area contributed by atoms with E-state index in [-0.39, 0.29) is 0 Å². The smallest absolute Gasteiger partial charge is 0.408 e. The first-order chi connectivity index (χ1) is 7.38. The molecule has 0 aliphatic carbocycles. The van der Waals surface area contributed by atoms with Gasteiger partial charge >= 0.3 is 5.76 Å².